The zero-order valence-corrected chi connectivity index (χ0v) is 16.3. The molecule has 2 fully saturated rings. The Morgan fingerprint density at radius 2 is 2.12 bits per heavy atom. The van der Waals surface area contributed by atoms with Crippen LogP contribution in [0.2, 0.25) is 0 Å². The van der Waals surface area contributed by atoms with Crippen LogP contribution in [-0.2, 0) is 16.6 Å². The largest absolute Gasteiger partial charge is 0.312 e. The summed E-state index contributed by atoms with van der Waals surface area (Å²) in [5.74, 6) is 2.30. The SMILES string of the molecule is CCCCS(=O)(=O)N1CCCC(Cn2c(C3CC3)nc3cccnc32)C1. The lowest BCUT2D eigenvalue weighted by molar-refractivity contribution is 0.245. The molecule has 1 saturated heterocycles. The standard InChI is InChI=1S/C19H28N4O2S/c1-2-3-12-26(24,25)22-11-5-6-15(13-22)14-23-18(16-8-9-16)21-17-7-4-10-20-19(17)23/h4,7,10,15-16H,2-3,5-6,8-9,11-14H2,1H3. The molecule has 0 aromatic carbocycles. The van der Waals surface area contributed by atoms with Crippen molar-refractivity contribution in [2.45, 2.75) is 57.9 Å². The second-order valence-electron chi connectivity index (χ2n) is 7.74. The smallest absolute Gasteiger partial charge is 0.214 e. The number of sulfonamides is 1. The molecule has 4 rings (SSSR count). The average molecular weight is 377 g/mol. The molecule has 2 aromatic heterocycles. The summed E-state index contributed by atoms with van der Waals surface area (Å²) in [6.07, 6.45) is 7.88. The van der Waals surface area contributed by atoms with Crippen molar-refractivity contribution < 1.29 is 8.42 Å². The van der Waals surface area contributed by atoms with Gasteiger partial charge in [-0.3, -0.25) is 0 Å². The van der Waals surface area contributed by atoms with Crippen molar-refractivity contribution >= 4 is 21.2 Å². The van der Waals surface area contributed by atoms with Crippen molar-refractivity contribution in [3.05, 3.63) is 24.2 Å². The number of unbranched alkanes of at least 4 members (excludes halogenated alkanes) is 1. The summed E-state index contributed by atoms with van der Waals surface area (Å²) < 4.78 is 29.2. The van der Waals surface area contributed by atoms with Crippen molar-refractivity contribution in [1.82, 2.24) is 18.8 Å². The lowest BCUT2D eigenvalue weighted by atomic mass is 9.99. The molecule has 1 atom stereocenters. The Bertz CT molecular complexity index is 873. The molecule has 6 nitrogen and oxygen atoms in total. The molecule has 0 N–H and O–H groups in total. The van der Waals surface area contributed by atoms with Crippen molar-refractivity contribution in [1.29, 1.82) is 0 Å². The van der Waals surface area contributed by atoms with E-state index in [9.17, 15) is 8.42 Å². The van der Waals surface area contributed by atoms with Gasteiger partial charge in [0.25, 0.3) is 0 Å². The molecule has 26 heavy (non-hydrogen) atoms. The van der Waals surface area contributed by atoms with Crippen LogP contribution in [0.3, 0.4) is 0 Å². The maximum Gasteiger partial charge on any atom is 0.214 e. The average Bonchev–Trinajstić information content (AvgIpc) is 3.43. The number of pyridine rings is 1. The number of hydrogen-bond acceptors (Lipinski definition) is 4. The van der Waals surface area contributed by atoms with Gasteiger partial charge < -0.3 is 4.57 Å². The van der Waals surface area contributed by atoms with Crippen LogP contribution in [0.5, 0.6) is 0 Å². The van der Waals surface area contributed by atoms with Gasteiger partial charge in [0.15, 0.2) is 5.65 Å². The van der Waals surface area contributed by atoms with Crippen LogP contribution in [-0.4, -0.2) is 46.1 Å². The number of hydrogen-bond donors (Lipinski definition) is 0. The zero-order chi connectivity index (χ0) is 18.1. The van der Waals surface area contributed by atoms with Crippen LogP contribution >= 0.6 is 0 Å². The molecule has 2 aromatic rings. The molecule has 7 heteroatoms. The van der Waals surface area contributed by atoms with Crippen LogP contribution in [0.25, 0.3) is 11.2 Å². The molecule has 142 valence electrons. The van der Waals surface area contributed by atoms with Crippen LogP contribution < -0.4 is 0 Å². The predicted molar refractivity (Wildman–Crippen MR) is 102 cm³/mol. The van der Waals surface area contributed by atoms with E-state index in [1.165, 1.54) is 12.8 Å². The van der Waals surface area contributed by atoms with Crippen molar-refractivity contribution in [3.63, 3.8) is 0 Å². The minimum Gasteiger partial charge on any atom is -0.312 e. The molecule has 1 unspecified atom stereocenters. The number of nitrogens with zero attached hydrogens (tertiary/aromatic N) is 4. The van der Waals surface area contributed by atoms with E-state index in [-0.39, 0.29) is 5.75 Å². The van der Waals surface area contributed by atoms with Gasteiger partial charge in [-0.05, 0) is 50.2 Å². The first-order valence-electron chi connectivity index (χ1n) is 9.87. The first-order valence-corrected chi connectivity index (χ1v) is 11.5. The van der Waals surface area contributed by atoms with Crippen molar-refractivity contribution in [2.24, 2.45) is 5.92 Å². The highest BCUT2D eigenvalue weighted by Crippen LogP contribution is 2.41. The molecule has 1 saturated carbocycles. The van der Waals surface area contributed by atoms with Gasteiger partial charge in [0.05, 0.1) is 5.75 Å². The molecule has 0 bridgehead atoms. The Hall–Kier alpha value is -1.47. The highest BCUT2D eigenvalue weighted by Gasteiger charge is 2.33. The molecular weight excluding hydrogens is 348 g/mol. The number of rotatable bonds is 7. The number of fused-ring (bicyclic) bond motifs is 1. The van der Waals surface area contributed by atoms with Gasteiger partial charge in [-0.1, -0.05) is 13.3 Å². The Labute approximate surface area is 155 Å². The van der Waals surface area contributed by atoms with E-state index in [1.54, 1.807) is 4.31 Å². The van der Waals surface area contributed by atoms with Crippen LogP contribution in [0.1, 0.15) is 57.2 Å². The third kappa shape index (κ3) is 3.64. The van der Waals surface area contributed by atoms with Gasteiger partial charge in [0.1, 0.15) is 11.3 Å². The zero-order valence-electron chi connectivity index (χ0n) is 15.5. The van der Waals surface area contributed by atoms with E-state index in [1.807, 2.05) is 25.3 Å². The van der Waals surface area contributed by atoms with Gasteiger partial charge in [-0.15, -0.1) is 0 Å². The molecular formula is C19H28N4O2S. The second-order valence-corrected chi connectivity index (χ2v) is 9.83. The van der Waals surface area contributed by atoms with Crippen LogP contribution in [0, 0.1) is 5.92 Å². The maximum atomic E-state index is 12.6. The van der Waals surface area contributed by atoms with Crippen molar-refractivity contribution in [3.8, 4) is 0 Å². The molecule has 0 amide bonds. The Morgan fingerprint density at radius 1 is 1.27 bits per heavy atom. The fraction of sp³-hybridized carbons (Fsp3) is 0.684. The lowest BCUT2D eigenvalue weighted by Gasteiger charge is -2.32. The fourth-order valence-corrected chi connectivity index (χ4v) is 5.71. The highest BCUT2D eigenvalue weighted by atomic mass is 32.2. The Morgan fingerprint density at radius 3 is 2.88 bits per heavy atom. The summed E-state index contributed by atoms with van der Waals surface area (Å²) in [5, 5.41) is 0. The molecule has 0 radical (unpaired) electrons. The second kappa shape index (κ2) is 7.27. The maximum absolute atomic E-state index is 12.6. The quantitative estimate of drug-likeness (QED) is 0.744. The minimum atomic E-state index is -3.12. The third-order valence-electron chi connectivity index (χ3n) is 5.55. The highest BCUT2D eigenvalue weighted by molar-refractivity contribution is 7.89. The van der Waals surface area contributed by atoms with E-state index < -0.39 is 10.0 Å². The predicted octanol–water partition coefficient (Wildman–Crippen LogP) is 3.15. The minimum absolute atomic E-state index is 0.277. The van der Waals surface area contributed by atoms with E-state index in [2.05, 4.69) is 9.55 Å². The molecule has 3 heterocycles. The first kappa shape index (κ1) is 17.9. The Kier molecular flexibility index (Phi) is 5.01. The summed E-state index contributed by atoms with van der Waals surface area (Å²) in [6.45, 7) is 4.15. The summed E-state index contributed by atoms with van der Waals surface area (Å²) in [6, 6.07) is 3.95. The number of imidazole rings is 1. The Balaban J connectivity index is 1.54. The van der Waals surface area contributed by atoms with Crippen LogP contribution in [0.4, 0.5) is 0 Å². The normalized spacial score (nSPS) is 22.1. The van der Waals surface area contributed by atoms with Gasteiger partial charge >= 0.3 is 0 Å². The summed E-state index contributed by atoms with van der Waals surface area (Å²) in [5.41, 5.74) is 1.90. The molecule has 1 aliphatic heterocycles. The van der Waals surface area contributed by atoms with E-state index in [0.29, 0.717) is 24.9 Å². The molecule has 2 aliphatic rings. The van der Waals surface area contributed by atoms with E-state index in [4.69, 9.17) is 4.98 Å². The van der Waals surface area contributed by atoms with Crippen LogP contribution in [0.15, 0.2) is 18.3 Å². The number of aromatic nitrogens is 3. The summed E-state index contributed by atoms with van der Waals surface area (Å²) in [4.78, 5) is 9.37. The first-order chi connectivity index (χ1) is 12.6. The van der Waals surface area contributed by atoms with Gasteiger partial charge in [0.2, 0.25) is 10.0 Å². The van der Waals surface area contributed by atoms with Gasteiger partial charge in [0, 0.05) is 31.7 Å². The third-order valence-corrected chi connectivity index (χ3v) is 7.47. The van der Waals surface area contributed by atoms with Crippen molar-refractivity contribution in [2.75, 3.05) is 18.8 Å². The topological polar surface area (TPSA) is 68.1 Å². The monoisotopic (exact) mass is 376 g/mol. The molecule has 0 spiro atoms. The van der Waals surface area contributed by atoms with E-state index >= 15 is 0 Å². The van der Waals surface area contributed by atoms with E-state index in [0.717, 1.165) is 49.2 Å². The lowest BCUT2D eigenvalue weighted by Crippen LogP contribution is -2.42. The number of piperidine rings is 1. The molecule has 1 aliphatic carbocycles. The van der Waals surface area contributed by atoms with Gasteiger partial charge in [-0.2, -0.15) is 0 Å². The summed E-state index contributed by atoms with van der Waals surface area (Å²) in [7, 11) is -3.12. The van der Waals surface area contributed by atoms with Gasteiger partial charge in [-0.25, -0.2) is 22.7 Å². The fourth-order valence-electron chi connectivity index (χ4n) is 3.95. The summed E-state index contributed by atoms with van der Waals surface area (Å²) >= 11 is 0.